The van der Waals surface area contributed by atoms with Crippen LogP contribution in [-0.4, -0.2) is 32.1 Å². The summed E-state index contributed by atoms with van der Waals surface area (Å²) in [5, 5.41) is 4.10. The van der Waals surface area contributed by atoms with E-state index >= 15 is 0 Å². The molecule has 1 aliphatic carbocycles. The van der Waals surface area contributed by atoms with E-state index in [2.05, 4.69) is 10.1 Å². The van der Waals surface area contributed by atoms with Crippen LogP contribution < -0.4 is 5.56 Å². The van der Waals surface area contributed by atoms with E-state index in [0.717, 1.165) is 43.5 Å². The van der Waals surface area contributed by atoms with Crippen molar-refractivity contribution in [2.45, 2.75) is 57.5 Å². The van der Waals surface area contributed by atoms with E-state index < -0.39 is 0 Å². The number of carbonyl (C=O) groups excluding carboxylic acids is 1. The normalized spacial score (nSPS) is 18.5. The van der Waals surface area contributed by atoms with Gasteiger partial charge in [0.2, 0.25) is 5.89 Å². The molecular weight excluding hydrogens is 392 g/mol. The van der Waals surface area contributed by atoms with Crippen LogP contribution in [0.25, 0.3) is 0 Å². The van der Waals surface area contributed by atoms with E-state index in [1.807, 2.05) is 43.3 Å². The van der Waals surface area contributed by atoms with Crippen molar-refractivity contribution >= 4 is 5.91 Å². The fourth-order valence-corrected chi connectivity index (χ4v) is 4.30. The number of nitrogens with zero attached hydrogens (tertiary/aromatic N) is 4. The Labute approximate surface area is 180 Å². The fraction of sp³-hybridized carbons (Fsp3) is 0.417. The number of aromatic nitrogens is 3. The molecule has 1 amide bonds. The molecule has 1 aliphatic heterocycles. The highest BCUT2D eigenvalue weighted by Crippen LogP contribution is 2.40. The van der Waals surface area contributed by atoms with E-state index in [0.29, 0.717) is 30.5 Å². The Morgan fingerprint density at radius 3 is 2.74 bits per heavy atom. The van der Waals surface area contributed by atoms with Crippen LogP contribution in [0, 0.1) is 6.92 Å². The topological polar surface area (TPSA) is 81.2 Å². The number of hydrogen-bond donors (Lipinski definition) is 0. The molecule has 3 aromatic rings. The van der Waals surface area contributed by atoms with Crippen molar-refractivity contribution in [1.82, 2.24) is 19.6 Å². The Balaban J connectivity index is 1.39. The average Bonchev–Trinajstić information content (AvgIpc) is 3.31. The minimum absolute atomic E-state index is 0.240. The van der Waals surface area contributed by atoms with E-state index in [-0.39, 0.29) is 23.1 Å². The third-order valence-corrected chi connectivity index (χ3v) is 6.27. The van der Waals surface area contributed by atoms with Gasteiger partial charge in [0, 0.05) is 25.2 Å². The smallest absolute Gasteiger partial charge is 0.263 e. The molecule has 2 aromatic heterocycles. The zero-order valence-electron chi connectivity index (χ0n) is 17.7. The van der Waals surface area contributed by atoms with Gasteiger partial charge >= 0.3 is 0 Å². The lowest BCUT2D eigenvalue weighted by Gasteiger charge is -2.23. The van der Waals surface area contributed by atoms with Gasteiger partial charge in [0.25, 0.3) is 11.5 Å². The molecule has 1 saturated carbocycles. The van der Waals surface area contributed by atoms with Crippen molar-refractivity contribution in [2.75, 3.05) is 6.54 Å². The van der Waals surface area contributed by atoms with Crippen LogP contribution in [0.5, 0.6) is 0 Å². The van der Waals surface area contributed by atoms with E-state index in [4.69, 9.17) is 4.52 Å². The monoisotopic (exact) mass is 418 g/mol. The summed E-state index contributed by atoms with van der Waals surface area (Å²) in [5.41, 5.74) is 1.85. The zero-order valence-corrected chi connectivity index (χ0v) is 17.7. The third-order valence-electron chi connectivity index (χ3n) is 6.27. The summed E-state index contributed by atoms with van der Waals surface area (Å²) in [6.45, 7) is 2.93. The van der Waals surface area contributed by atoms with Crippen molar-refractivity contribution in [3.63, 3.8) is 0 Å². The highest BCUT2D eigenvalue weighted by molar-refractivity contribution is 5.95. The second-order valence-corrected chi connectivity index (χ2v) is 8.53. The van der Waals surface area contributed by atoms with Gasteiger partial charge in [0.1, 0.15) is 11.6 Å². The van der Waals surface area contributed by atoms with Gasteiger partial charge in [0.15, 0.2) is 5.82 Å². The second-order valence-electron chi connectivity index (χ2n) is 8.53. The summed E-state index contributed by atoms with van der Waals surface area (Å²) in [6.07, 6.45) is 6.32. The van der Waals surface area contributed by atoms with Gasteiger partial charge < -0.3 is 14.0 Å². The lowest BCUT2D eigenvalue weighted by Crippen LogP contribution is -2.37. The van der Waals surface area contributed by atoms with Crippen LogP contribution in [0.1, 0.15) is 70.8 Å². The zero-order chi connectivity index (χ0) is 21.4. The van der Waals surface area contributed by atoms with Crippen molar-refractivity contribution in [3.05, 3.63) is 81.4 Å². The van der Waals surface area contributed by atoms with Gasteiger partial charge in [-0.3, -0.25) is 9.59 Å². The maximum atomic E-state index is 13.5. The van der Waals surface area contributed by atoms with Crippen LogP contribution in [0.2, 0.25) is 0 Å². The van der Waals surface area contributed by atoms with Gasteiger partial charge in [-0.1, -0.05) is 35.5 Å². The summed E-state index contributed by atoms with van der Waals surface area (Å²) in [5.74, 6) is 1.39. The van der Waals surface area contributed by atoms with Crippen molar-refractivity contribution < 1.29 is 9.32 Å². The van der Waals surface area contributed by atoms with Crippen LogP contribution >= 0.6 is 0 Å². The van der Waals surface area contributed by atoms with Crippen LogP contribution in [0.15, 0.2) is 51.9 Å². The number of rotatable bonds is 6. The van der Waals surface area contributed by atoms with Gasteiger partial charge in [-0.05, 0) is 56.2 Å². The first-order chi connectivity index (χ1) is 15.1. The summed E-state index contributed by atoms with van der Waals surface area (Å²) in [4.78, 5) is 33.0. The minimum Gasteiger partial charge on any atom is -0.337 e. The quantitative estimate of drug-likeness (QED) is 0.611. The number of carbonyl (C=O) groups is 1. The first kappa shape index (κ1) is 19.7. The molecule has 7 nitrogen and oxygen atoms in total. The number of amides is 1. The number of likely N-dealkylation sites (tertiary alicyclic amines) is 1. The van der Waals surface area contributed by atoms with Gasteiger partial charge in [-0.15, -0.1) is 0 Å². The molecule has 0 spiro atoms. The molecule has 1 aromatic carbocycles. The molecule has 7 heteroatoms. The van der Waals surface area contributed by atoms with Crippen molar-refractivity contribution in [2.24, 2.45) is 0 Å². The third kappa shape index (κ3) is 3.92. The predicted octanol–water partition coefficient (Wildman–Crippen LogP) is 3.64. The van der Waals surface area contributed by atoms with Crippen molar-refractivity contribution in [3.8, 4) is 0 Å². The van der Waals surface area contributed by atoms with E-state index in [1.54, 1.807) is 15.7 Å². The Bertz CT molecular complexity index is 1150. The Morgan fingerprint density at radius 1 is 1.16 bits per heavy atom. The number of aryl methyl sites for hydroxylation is 3. The summed E-state index contributed by atoms with van der Waals surface area (Å²) in [6, 6.07) is 11.6. The molecule has 2 aliphatic rings. The molecular formula is C24H26N4O3. The lowest BCUT2D eigenvalue weighted by molar-refractivity contribution is 0.0706. The Morgan fingerprint density at radius 2 is 1.97 bits per heavy atom. The molecule has 160 valence electrons. The Kier molecular flexibility index (Phi) is 5.18. The lowest BCUT2D eigenvalue weighted by atomic mass is 10.1. The number of benzene rings is 1. The summed E-state index contributed by atoms with van der Waals surface area (Å²) < 4.78 is 7.13. The predicted molar refractivity (Wildman–Crippen MR) is 115 cm³/mol. The van der Waals surface area contributed by atoms with Crippen LogP contribution in [0.3, 0.4) is 0 Å². The first-order valence-corrected chi connectivity index (χ1v) is 11.0. The summed E-state index contributed by atoms with van der Waals surface area (Å²) >= 11 is 0. The standard InChI is InChI=1S/C24H26N4O3/c1-16-11-14-27(15-12-17-6-3-2-4-7-17)23(29)20(16)24(30)28-13-5-8-19(28)22-25-21(26-31-22)18-9-10-18/h2-4,6-7,11,14,18-19H,5,8-10,12-13,15H2,1H3/t19-/m0/s1. The molecule has 1 saturated heterocycles. The minimum atomic E-state index is -0.260. The number of pyridine rings is 1. The highest BCUT2D eigenvalue weighted by atomic mass is 16.5. The van der Waals surface area contributed by atoms with Gasteiger partial charge in [-0.25, -0.2) is 0 Å². The number of hydrogen-bond acceptors (Lipinski definition) is 5. The molecule has 0 N–H and O–H groups in total. The first-order valence-electron chi connectivity index (χ1n) is 11.0. The molecule has 1 atom stereocenters. The molecule has 31 heavy (non-hydrogen) atoms. The molecule has 5 rings (SSSR count). The Hall–Kier alpha value is -3.22. The molecule has 2 fully saturated rings. The molecule has 0 radical (unpaired) electrons. The highest BCUT2D eigenvalue weighted by Gasteiger charge is 2.37. The van der Waals surface area contributed by atoms with Crippen LogP contribution in [0.4, 0.5) is 0 Å². The fourth-order valence-electron chi connectivity index (χ4n) is 4.30. The maximum Gasteiger partial charge on any atom is 0.263 e. The van der Waals surface area contributed by atoms with E-state index in [1.165, 1.54) is 0 Å². The van der Waals surface area contributed by atoms with Crippen LogP contribution in [-0.2, 0) is 13.0 Å². The average molecular weight is 418 g/mol. The SMILES string of the molecule is Cc1ccn(CCc2ccccc2)c(=O)c1C(=O)N1CCC[C@H]1c1nc(C2CC2)no1. The largest absolute Gasteiger partial charge is 0.337 e. The van der Waals surface area contributed by atoms with Gasteiger partial charge in [-0.2, -0.15) is 4.98 Å². The van der Waals surface area contributed by atoms with Crippen molar-refractivity contribution in [1.29, 1.82) is 0 Å². The molecule has 3 heterocycles. The van der Waals surface area contributed by atoms with Gasteiger partial charge in [0.05, 0.1) is 0 Å². The maximum absolute atomic E-state index is 13.5. The molecule has 0 unspecified atom stereocenters. The molecule has 0 bridgehead atoms. The second kappa shape index (κ2) is 8.13. The summed E-state index contributed by atoms with van der Waals surface area (Å²) in [7, 11) is 0. The van der Waals surface area contributed by atoms with E-state index in [9.17, 15) is 9.59 Å².